The monoisotopic (exact) mass is 455 g/mol. The van der Waals surface area contributed by atoms with Gasteiger partial charge in [-0.25, -0.2) is 9.78 Å². The largest absolute Gasteiger partial charge is 0.497 e. The van der Waals surface area contributed by atoms with E-state index < -0.39 is 18.5 Å². The van der Waals surface area contributed by atoms with Gasteiger partial charge < -0.3 is 24.8 Å². The minimum absolute atomic E-state index is 0.110. The van der Waals surface area contributed by atoms with Crippen molar-refractivity contribution in [3.05, 3.63) is 53.5 Å². The molecule has 3 rings (SSSR count). The Labute approximate surface area is 188 Å². The fourth-order valence-electron chi connectivity index (χ4n) is 2.71. The lowest BCUT2D eigenvalue weighted by molar-refractivity contribution is -0.119. The van der Waals surface area contributed by atoms with Crippen LogP contribution in [0.15, 0.2) is 47.8 Å². The van der Waals surface area contributed by atoms with E-state index in [-0.39, 0.29) is 11.6 Å². The van der Waals surface area contributed by atoms with Crippen molar-refractivity contribution in [1.29, 1.82) is 0 Å². The predicted octanol–water partition coefficient (Wildman–Crippen LogP) is 3.58. The van der Waals surface area contributed by atoms with E-state index in [4.69, 9.17) is 14.2 Å². The maximum absolute atomic E-state index is 12.3. The molecule has 0 bridgehead atoms. The summed E-state index contributed by atoms with van der Waals surface area (Å²) < 4.78 is 15.4. The fraction of sp³-hybridized carbons (Fsp3) is 0.182. The quantitative estimate of drug-likeness (QED) is 0.499. The van der Waals surface area contributed by atoms with Gasteiger partial charge in [-0.3, -0.25) is 9.59 Å². The van der Waals surface area contributed by atoms with Crippen molar-refractivity contribution in [2.45, 2.75) is 6.92 Å². The van der Waals surface area contributed by atoms with Gasteiger partial charge in [0.15, 0.2) is 12.3 Å². The number of carbonyl (C=O) groups excluding carboxylic acids is 3. The Morgan fingerprint density at radius 1 is 1.00 bits per heavy atom. The molecule has 3 aromatic rings. The van der Waals surface area contributed by atoms with E-state index in [0.717, 1.165) is 11.3 Å². The molecule has 0 radical (unpaired) electrons. The van der Waals surface area contributed by atoms with Gasteiger partial charge in [-0.15, -0.1) is 11.3 Å². The van der Waals surface area contributed by atoms with Gasteiger partial charge in [0.25, 0.3) is 5.91 Å². The summed E-state index contributed by atoms with van der Waals surface area (Å²) in [6, 6.07) is 12.1. The number of hydrogen-bond acceptors (Lipinski definition) is 8. The highest BCUT2D eigenvalue weighted by Crippen LogP contribution is 2.28. The molecule has 1 aromatic heterocycles. The number of amides is 2. The van der Waals surface area contributed by atoms with Crippen LogP contribution in [-0.4, -0.2) is 43.6 Å². The summed E-state index contributed by atoms with van der Waals surface area (Å²) >= 11 is 1.29. The van der Waals surface area contributed by atoms with E-state index in [9.17, 15) is 14.4 Å². The smallest absolute Gasteiger partial charge is 0.358 e. The highest BCUT2D eigenvalue weighted by molar-refractivity contribution is 7.13. The first kappa shape index (κ1) is 22.8. The molecule has 1 heterocycles. The number of anilines is 2. The highest BCUT2D eigenvalue weighted by atomic mass is 32.1. The minimum atomic E-state index is -0.713. The lowest BCUT2D eigenvalue weighted by Gasteiger charge is -2.12. The number of rotatable bonds is 8. The molecular formula is C22H21N3O6S. The lowest BCUT2D eigenvalue weighted by atomic mass is 10.2. The lowest BCUT2D eigenvalue weighted by Crippen LogP contribution is -2.21. The molecule has 0 aliphatic carbocycles. The molecule has 2 amide bonds. The third kappa shape index (κ3) is 5.82. The summed E-state index contributed by atoms with van der Waals surface area (Å²) in [7, 11) is 3.03. The maximum Gasteiger partial charge on any atom is 0.358 e. The third-order valence-electron chi connectivity index (χ3n) is 4.18. The first-order chi connectivity index (χ1) is 15.4. The van der Waals surface area contributed by atoms with Crippen LogP contribution >= 0.6 is 11.3 Å². The molecule has 0 saturated carbocycles. The molecule has 0 fully saturated rings. The number of aromatic nitrogens is 1. The number of nitrogens with one attached hydrogen (secondary N) is 2. The fourth-order valence-corrected chi connectivity index (χ4v) is 3.51. The average molecular weight is 455 g/mol. The van der Waals surface area contributed by atoms with Gasteiger partial charge in [0, 0.05) is 23.6 Å². The van der Waals surface area contributed by atoms with Crippen LogP contribution in [-0.2, 0) is 14.3 Å². The van der Waals surface area contributed by atoms with E-state index in [1.165, 1.54) is 25.4 Å². The zero-order valence-corrected chi connectivity index (χ0v) is 18.4. The van der Waals surface area contributed by atoms with Crippen molar-refractivity contribution in [2.75, 3.05) is 31.5 Å². The van der Waals surface area contributed by atoms with E-state index in [2.05, 4.69) is 15.6 Å². The van der Waals surface area contributed by atoms with E-state index in [0.29, 0.717) is 22.1 Å². The molecule has 0 saturated heterocycles. The number of benzene rings is 2. The summed E-state index contributed by atoms with van der Waals surface area (Å²) in [4.78, 5) is 40.1. The van der Waals surface area contributed by atoms with Gasteiger partial charge in [-0.1, -0.05) is 0 Å². The van der Waals surface area contributed by atoms with Crippen molar-refractivity contribution in [3.63, 3.8) is 0 Å². The number of hydrogen-bond donors (Lipinski definition) is 2. The summed E-state index contributed by atoms with van der Waals surface area (Å²) in [5, 5.41) is 7.43. The average Bonchev–Trinajstić information content (AvgIpc) is 3.28. The van der Waals surface area contributed by atoms with Crippen LogP contribution in [0, 0.1) is 0 Å². The Bertz CT molecular complexity index is 1130. The zero-order valence-electron chi connectivity index (χ0n) is 17.6. The number of ether oxygens (including phenoxy) is 3. The highest BCUT2D eigenvalue weighted by Gasteiger charge is 2.16. The molecule has 10 heteroatoms. The van der Waals surface area contributed by atoms with Crippen LogP contribution in [0.3, 0.4) is 0 Å². The molecular weight excluding hydrogens is 434 g/mol. The number of esters is 1. The maximum atomic E-state index is 12.3. The van der Waals surface area contributed by atoms with Crippen LogP contribution in [0.5, 0.6) is 11.5 Å². The molecule has 32 heavy (non-hydrogen) atoms. The van der Waals surface area contributed by atoms with E-state index in [1.807, 2.05) is 12.1 Å². The summed E-state index contributed by atoms with van der Waals surface area (Å²) in [6.07, 6.45) is 0. The van der Waals surface area contributed by atoms with Crippen LogP contribution in [0.2, 0.25) is 0 Å². The number of carbonyl (C=O) groups is 3. The first-order valence-corrected chi connectivity index (χ1v) is 10.3. The molecule has 0 aliphatic heterocycles. The van der Waals surface area contributed by atoms with Crippen LogP contribution < -0.4 is 20.1 Å². The second-order valence-electron chi connectivity index (χ2n) is 6.49. The number of nitrogens with zero attached hydrogens (tertiary/aromatic N) is 1. The second-order valence-corrected chi connectivity index (χ2v) is 7.35. The summed E-state index contributed by atoms with van der Waals surface area (Å²) in [5.74, 6) is -0.423. The molecule has 0 atom stereocenters. The van der Waals surface area contributed by atoms with Crippen LogP contribution in [0.4, 0.5) is 11.4 Å². The summed E-state index contributed by atoms with van der Waals surface area (Å²) in [5.41, 5.74) is 1.76. The van der Waals surface area contributed by atoms with Crippen LogP contribution in [0.25, 0.3) is 10.6 Å². The van der Waals surface area contributed by atoms with Gasteiger partial charge >= 0.3 is 5.97 Å². The van der Waals surface area contributed by atoms with E-state index >= 15 is 0 Å². The van der Waals surface area contributed by atoms with Crippen molar-refractivity contribution in [1.82, 2.24) is 4.98 Å². The zero-order chi connectivity index (χ0) is 23.1. The standard InChI is InChI=1S/C22H21N3O6S/c1-13(26)23-15-6-9-19(30-3)17(10-15)24-20(27)11-31-22(28)18-12-32-21(25-18)14-4-7-16(29-2)8-5-14/h4-10,12H,11H2,1-3H3,(H,23,26)(H,24,27). The Morgan fingerprint density at radius 3 is 2.41 bits per heavy atom. The van der Waals surface area contributed by atoms with Gasteiger partial charge in [0.1, 0.15) is 16.5 Å². The van der Waals surface area contributed by atoms with Crippen molar-refractivity contribution >= 4 is 40.5 Å². The Morgan fingerprint density at radius 2 is 1.75 bits per heavy atom. The molecule has 2 N–H and O–H groups in total. The molecule has 166 valence electrons. The molecule has 0 aliphatic rings. The number of thiazole rings is 1. The van der Waals surface area contributed by atoms with Crippen molar-refractivity contribution in [2.24, 2.45) is 0 Å². The van der Waals surface area contributed by atoms with Gasteiger partial charge in [-0.05, 0) is 42.5 Å². The van der Waals surface area contributed by atoms with E-state index in [1.54, 1.807) is 42.8 Å². The van der Waals surface area contributed by atoms with Crippen molar-refractivity contribution < 1.29 is 28.6 Å². The Kier molecular flexibility index (Phi) is 7.40. The Balaban J connectivity index is 1.60. The second kappa shape index (κ2) is 10.4. The first-order valence-electron chi connectivity index (χ1n) is 9.42. The van der Waals surface area contributed by atoms with Gasteiger partial charge in [0.05, 0.1) is 19.9 Å². The minimum Gasteiger partial charge on any atom is -0.497 e. The third-order valence-corrected chi connectivity index (χ3v) is 5.07. The van der Waals surface area contributed by atoms with Crippen LogP contribution in [0.1, 0.15) is 17.4 Å². The molecule has 0 spiro atoms. The topological polar surface area (TPSA) is 116 Å². The predicted molar refractivity (Wildman–Crippen MR) is 120 cm³/mol. The Hall–Kier alpha value is -3.92. The number of methoxy groups -OCH3 is 2. The molecule has 0 unspecified atom stereocenters. The summed E-state index contributed by atoms with van der Waals surface area (Å²) in [6.45, 7) is 0.863. The molecule has 2 aromatic carbocycles. The van der Waals surface area contributed by atoms with Gasteiger partial charge in [0.2, 0.25) is 5.91 Å². The SMILES string of the molecule is COc1ccc(-c2nc(C(=O)OCC(=O)Nc3cc(NC(C)=O)ccc3OC)cs2)cc1. The molecule has 9 nitrogen and oxygen atoms in total. The normalized spacial score (nSPS) is 10.2. The van der Waals surface area contributed by atoms with Gasteiger partial charge in [-0.2, -0.15) is 0 Å². The van der Waals surface area contributed by atoms with Crippen molar-refractivity contribution in [3.8, 4) is 22.1 Å².